The standard InChI is InChI=1S/C18H17N5O2/c1-12-10-19-6-3-14(12)11-23(2)18-21-8-5-15(22-18)16-9-13(17(24)25)4-7-20-16/h3-10H,11H2,1-2H3,(H,24,25). The van der Waals surface area contributed by atoms with Crippen LogP contribution in [0.15, 0.2) is 49.1 Å². The molecule has 0 saturated carbocycles. The van der Waals surface area contributed by atoms with Gasteiger partial charge in [-0.3, -0.25) is 9.97 Å². The van der Waals surface area contributed by atoms with Crippen LogP contribution in [-0.2, 0) is 6.54 Å². The Bertz CT molecular complexity index is 913. The lowest BCUT2D eigenvalue weighted by Crippen LogP contribution is -2.19. The summed E-state index contributed by atoms with van der Waals surface area (Å²) in [5.74, 6) is -0.459. The fraction of sp³-hybridized carbons (Fsp3) is 0.167. The number of anilines is 1. The summed E-state index contributed by atoms with van der Waals surface area (Å²) in [6, 6.07) is 6.63. The van der Waals surface area contributed by atoms with E-state index in [0.29, 0.717) is 23.9 Å². The van der Waals surface area contributed by atoms with Gasteiger partial charge in [-0.15, -0.1) is 0 Å². The number of hydrogen-bond donors (Lipinski definition) is 1. The van der Waals surface area contributed by atoms with Gasteiger partial charge in [0.2, 0.25) is 5.95 Å². The quantitative estimate of drug-likeness (QED) is 0.766. The molecule has 0 fully saturated rings. The fourth-order valence-electron chi connectivity index (χ4n) is 2.38. The molecule has 1 N–H and O–H groups in total. The van der Waals surface area contributed by atoms with Gasteiger partial charge < -0.3 is 10.0 Å². The monoisotopic (exact) mass is 335 g/mol. The summed E-state index contributed by atoms with van der Waals surface area (Å²) in [5.41, 5.74) is 3.48. The summed E-state index contributed by atoms with van der Waals surface area (Å²) in [7, 11) is 1.90. The highest BCUT2D eigenvalue weighted by Crippen LogP contribution is 2.19. The number of hydrogen-bond acceptors (Lipinski definition) is 6. The molecule has 0 aliphatic carbocycles. The predicted molar refractivity (Wildman–Crippen MR) is 93.3 cm³/mol. The van der Waals surface area contributed by atoms with Gasteiger partial charge in [0.15, 0.2) is 0 Å². The Labute approximate surface area is 145 Å². The SMILES string of the molecule is Cc1cnccc1CN(C)c1nccc(-c2cc(C(=O)O)ccn2)n1. The molecule has 3 rings (SSSR count). The third-order valence-corrected chi connectivity index (χ3v) is 3.80. The Hall–Kier alpha value is -3.35. The number of carbonyl (C=O) groups is 1. The van der Waals surface area contributed by atoms with Gasteiger partial charge in [0.25, 0.3) is 0 Å². The molecule has 0 aliphatic heterocycles. The van der Waals surface area contributed by atoms with Gasteiger partial charge in [0.05, 0.1) is 17.0 Å². The van der Waals surface area contributed by atoms with Crippen molar-refractivity contribution in [3.63, 3.8) is 0 Å². The Balaban J connectivity index is 1.87. The number of carboxylic acid groups (broad SMARTS) is 1. The number of aryl methyl sites for hydroxylation is 1. The van der Waals surface area contributed by atoms with Gasteiger partial charge in [0.1, 0.15) is 0 Å². The first-order chi connectivity index (χ1) is 12.0. The Morgan fingerprint density at radius 3 is 2.68 bits per heavy atom. The van der Waals surface area contributed by atoms with E-state index < -0.39 is 5.97 Å². The largest absolute Gasteiger partial charge is 0.478 e. The number of pyridine rings is 2. The summed E-state index contributed by atoms with van der Waals surface area (Å²) < 4.78 is 0. The molecule has 0 amide bonds. The lowest BCUT2D eigenvalue weighted by molar-refractivity contribution is 0.0697. The lowest BCUT2D eigenvalue weighted by Gasteiger charge is -2.18. The van der Waals surface area contributed by atoms with E-state index in [0.717, 1.165) is 11.1 Å². The van der Waals surface area contributed by atoms with Crippen molar-refractivity contribution in [2.75, 3.05) is 11.9 Å². The van der Waals surface area contributed by atoms with E-state index in [4.69, 9.17) is 5.11 Å². The van der Waals surface area contributed by atoms with E-state index in [1.165, 1.54) is 18.3 Å². The molecule has 0 bridgehead atoms. The van der Waals surface area contributed by atoms with E-state index in [9.17, 15) is 4.79 Å². The molecule has 3 heterocycles. The van der Waals surface area contributed by atoms with Crippen LogP contribution in [0, 0.1) is 6.92 Å². The van der Waals surface area contributed by atoms with Gasteiger partial charge >= 0.3 is 5.97 Å². The second-order valence-corrected chi connectivity index (χ2v) is 5.64. The predicted octanol–water partition coefficient (Wildman–Crippen LogP) is 2.58. The number of aromatic carboxylic acids is 1. The van der Waals surface area contributed by atoms with Crippen LogP contribution in [0.2, 0.25) is 0 Å². The molecule has 3 aromatic heterocycles. The van der Waals surface area contributed by atoms with E-state index in [1.54, 1.807) is 18.5 Å². The van der Waals surface area contributed by atoms with E-state index in [-0.39, 0.29) is 5.56 Å². The molecule has 0 radical (unpaired) electrons. The van der Waals surface area contributed by atoms with Crippen LogP contribution < -0.4 is 4.90 Å². The molecule has 0 unspecified atom stereocenters. The zero-order valence-electron chi connectivity index (χ0n) is 13.9. The van der Waals surface area contributed by atoms with Crippen molar-refractivity contribution in [1.29, 1.82) is 0 Å². The highest BCUT2D eigenvalue weighted by molar-refractivity contribution is 5.88. The Morgan fingerprint density at radius 1 is 1.12 bits per heavy atom. The molecule has 7 nitrogen and oxygen atoms in total. The van der Waals surface area contributed by atoms with Crippen molar-refractivity contribution in [1.82, 2.24) is 19.9 Å². The average molecular weight is 335 g/mol. The number of aromatic nitrogens is 4. The van der Waals surface area contributed by atoms with Gasteiger partial charge in [-0.05, 0) is 42.3 Å². The number of carboxylic acids is 1. The maximum absolute atomic E-state index is 11.1. The van der Waals surface area contributed by atoms with Crippen molar-refractivity contribution < 1.29 is 9.90 Å². The van der Waals surface area contributed by atoms with Crippen molar-refractivity contribution in [2.45, 2.75) is 13.5 Å². The minimum Gasteiger partial charge on any atom is -0.478 e. The van der Waals surface area contributed by atoms with Crippen molar-refractivity contribution in [3.8, 4) is 11.4 Å². The molecular weight excluding hydrogens is 318 g/mol. The summed E-state index contributed by atoms with van der Waals surface area (Å²) in [6.45, 7) is 2.65. The summed E-state index contributed by atoms with van der Waals surface area (Å²) in [4.78, 5) is 30.2. The van der Waals surface area contributed by atoms with Crippen LogP contribution in [0.4, 0.5) is 5.95 Å². The minimum absolute atomic E-state index is 0.172. The smallest absolute Gasteiger partial charge is 0.335 e. The second-order valence-electron chi connectivity index (χ2n) is 5.64. The zero-order valence-corrected chi connectivity index (χ0v) is 13.9. The molecule has 0 aromatic carbocycles. The lowest BCUT2D eigenvalue weighted by atomic mass is 10.1. The topological polar surface area (TPSA) is 92.1 Å². The van der Waals surface area contributed by atoms with Crippen LogP contribution in [0.3, 0.4) is 0 Å². The van der Waals surface area contributed by atoms with Gasteiger partial charge in [0, 0.05) is 38.4 Å². The summed E-state index contributed by atoms with van der Waals surface area (Å²) in [5, 5.41) is 9.12. The highest BCUT2D eigenvalue weighted by atomic mass is 16.4. The maximum atomic E-state index is 11.1. The average Bonchev–Trinajstić information content (AvgIpc) is 2.64. The van der Waals surface area contributed by atoms with E-state index in [1.807, 2.05) is 31.1 Å². The first-order valence-corrected chi connectivity index (χ1v) is 7.68. The Kier molecular flexibility index (Phi) is 4.65. The van der Waals surface area contributed by atoms with Crippen LogP contribution >= 0.6 is 0 Å². The molecule has 0 atom stereocenters. The van der Waals surface area contributed by atoms with Crippen LogP contribution in [0.25, 0.3) is 11.4 Å². The fourth-order valence-corrected chi connectivity index (χ4v) is 2.38. The number of nitrogens with zero attached hydrogens (tertiary/aromatic N) is 5. The molecular formula is C18H17N5O2. The van der Waals surface area contributed by atoms with Crippen LogP contribution in [0.1, 0.15) is 21.5 Å². The second kappa shape index (κ2) is 7.04. The molecule has 7 heteroatoms. The summed E-state index contributed by atoms with van der Waals surface area (Å²) >= 11 is 0. The molecule has 25 heavy (non-hydrogen) atoms. The van der Waals surface area contributed by atoms with Crippen LogP contribution in [0.5, 0.6) is 0 Å². The van der Waals surface area contributed by atoms with E-state index >= 15 is 0 Å². The van der Waals surface area contributed by atoms with E-state index in [2.05, 4.69) is 19.9 Å². The number of rotatable bonds is 5. The molecule has 3 aromatic rings. The third-order valence-electron chi connectivity index (χ3n) is 3.80. The zero-order chi connectivity index (χ0) is 17.8. The maximum Gasteiger partial charge on any atom is 0.335 e. The molecule has 0 saturated heterocycles. The normalized spacial score (nSPS) is 10.5. The van der Waals surface area contributed by atoms with Crippen molar-refractivity contribution in [2.24, 2.45) is 0 Å². The summed E-state index contributed by atoms with van der Waals surface area (Å²) in [6.07, 6.45) is 6.68. The molecule has 126 valence electrons. The van der Waals surface area contributed by atoms with Gasteiger partial charge in [-0.25, -0.2) is 14.8 Å². The highest BCUT2D eigenvalue weighted by Gasteiger charge is 2.11. The van der Waals surface area contributed by atoms with Gasteiger partial charge in [-0.2, -0.15) is 0 Å². The molecule has 0 aliphatic rings. The van der Waals surface area contributed by atoms with Crippen molar-refractivity contribution in [3.05, 3.63) is 65.7 Å². The molecule has 0 spiro atoms. The van der Waals surface area contributed by atoms with Crippen LogP contribution in [-0.4, -0.2) is 38.1 Å². The first-order valence-electron chi connectivity index (χ1n) is 7.68. The third kappa shape index (κ3) is 3.77. The van der Waals surface area contributed by atoms with Crippen molar-refractivity contribution >= 4 is 11.9 Å². The van der Waals surface area contributed by atoms with Gasteiger partial charge in [-0.1, -0.05) is 0 Å². The minimum atomic E-state index is -0.997. The Morgan fingerprint density at radius 2 is 1.92 bits per heavy atom. The first kappa shape index (κ1) is 16.5.